The van der Waals surface area contributed by atoms with Gasteiger partial charge in [-0.1, -0.05) is 72.8 Å². The van der Waals surface area contributed by atoms with Crippen LogP contribution in [0.4, 0.5) is 0 Å². The summed E-state index contributed by atoms with van der Waals surface area (Å²) in [5.74, 6) is 1.67. The molecule has 0 atom stereocenters. The summed E-state index contributed by atoms with van der Waals surface area (Å²) >= 11 is 0. The van der Waals surface area contributed by atoms with Gasteiger partial charge < -0.3 is 4.74 Å². The minimum Gasteiger partial charge on any atom is -0.457 e. The Labute approximate surface area is 169 Å². The predicted molar refractivity (Wildman–Crippen MR) is 121 cm³/mol. The second-order valence-corrected chi connectivity index (χ2v) is 7.34. The third kappa shape index (κ3) is 2.71. The first kappa shape index (κ1) is 16.1. The molecule has 135 valence electrons. The molecular formula is C28H17O. The van der Waals surface area contributed by atoms with Crippen molar-refractivity contribution >= 4 is 32.3 Å². The first-order valence-corrected chi connectivity index (χ1v) is 9.78. The van der Waals surface area contributed by atoms with Gasteiger partial charge in [0.25, 0.3) is 0 Å². The molecular weight excluding hydrogens is 352 g/mol. The van der Waals surface area contributed by atoms with E-state index in [1.165, 1.54) is 26.9 Å². The highest BCUT2D eigenvalue weighted by Crippen LogP contribution is 2.37. The summed E-state index contributed by atoms with van der Waals surface area (Å²) < 4.78 is 5.92. The van der Waals surface area contributed by atoms with Gasteiger partial charge in [0.15, 0.2) is 0 Å². The maximum atomic E-state index is 5.92. The lowest BCUT2D eigenvalue weighted by Gasteiger charge is -2.12. The van der Waals surface area contributed by atoms with Gasteiger partial charge >= 0.3 is 0 Å². The highest BCUT2D eigenvalue weighted by Gasteiger charge is 2.10. The highest BCUT2D eigenvalue weighted by atomic mass is 16.5. The van der Waals surface area contributed by atoms with Gasteiger partial charge in [-0.05, 0) is 79.8 Å². The van der Waals surface area contributed by atoms with Gasteiger partial charge in [0.05, 0.1) is 0 Å². The molecule has 0 amide bonds. The molecule has 0 aliphatic rings. The van der Waals surface area contributed by atoms with Crippen LogP contribution in [0.2, 0.25) is 0 Å². The minimum absolute atomic E-state index is 0.831. The summed E-state index contributed by atoms with van der Waals surface area (Å²) in [6, 6.07) is 39.2. The molecule has 6 aromatic rings. The van der Waals surface area contributed by atoms with Gasteiger partial charge in [0, 0.05) is 0 Å². The monoisotopic (exact) mass is 369 g/mol. The number of para-hydroxylation sites is 1. The van der Waals surface area contributed by atoms with E-state index in [1.54, 1.807) is 0 Å². The zero-order chi connectivity index (χ0) is 19.2. The normalized spacial score (nSPS) is 11.4. The van der Waals surface area contributed by atoms with Crippen molar-refractivity contribution in [3.8, 4) is 22.6 Å². The molecule has 0 fully saturated rings. The number of hydrogen-bond acceptors (Lipinski definition) is 1. The average Bonchev–Trinajstić information content (AvgIpc) is 2.78. The molecule has 0 saturated carbocycles. The van der Waals surface area contributed by atoms with Gasteiger partial charge in [0.2, 0.25) is 0 Å². The van der Waals surface area contributed by atoms with Gasteiger partial charge in [-0.25, -0.2) is 0 Å². The van der Waals surface area contributed by atoms with Crippen LogP contribution in [-0.4, -0.2) is 0 Å². The largest absolute Gasteiger partial charge is 0.457 e. The van der Waals surface area contributed by atoms with Crippen molar-refractivity contribution < 1.29 is 4.74 Å². The molecule has 6 rings (SSSR count). The van der Waals surface area contributed by atoms with Crippen LogP contribution in [0.25, 0.3) is 43.4 Å². The summed E-state index contributed by atoms with van der Waals surface area (Å²) in [5, 5.41) is 7.60. The SMILES string of the molecule is [c]1c(-c2ccc(Oc3ccccc3)cc2)cc2ccc3cccc4ccc1c2c43. The Morgan fingerprint density at radius 1 is 0.517 bits per heavy atom. The van der Waals surface area contributed by atoms with E-state index in [0.717, 1.165) is 28.0 Å². The third-order valence-corrected chi connectivity index (χ3v) is 5.52. The maximum Gasteiger partial charge on any atom is 0.127 e. The van der Waals surface area contributed by atoms with Crippen LogP contribution in [0, 0.1) is 6.07 Å². The molecule has 0 spiro atoms. The van der Waals surface area contributed by atoms with E-state index in [4.69, 9.17) is 4.74 Å². The molecule has 0 saturated heterocycles. The second kappa shape index (κ2) is 6.35. The van der Waals surface area contributed by atoms with E-state index < -0.39 is 0 Å². The fraction of sp³-hybridized carbons (Fsp3) is 0. The molecule has 0 N–H and O–H groups in total. The van der Waals surface area contributed by atoms with E-state index in [2.05, 4.69) is 66.7 Å². The summed E-state index contributed by atoms with van der Waals surface area (Å²) in [5.41, 5.74) is 2.23. The lowest BCUT2D eigenvalue weighted by molar-refractivity contribution is 0.483. The topological polar surface area (TPSA) is 9.23 Å². The predicted octanol–water partition coefficient (Wildman–Crippen LogP) is 7.84. The van der Waals surface area contributed by atoms with Crippen LogP contribution in [-0.2, 0) is 0 Å². The molecule has 0 aromatic heterocycles. The van der Waals surface area contributed by atoms with Crippen LogP contribution in [0.1, 0.15) is 0 Å². The fourth-order valence-corrected chi connectivity index (χ4v) is 4.15. The summed E-state index contributed by atoms with van der Waals surface area (Å²) in [4.78, 5) is 0. The van der Waals surface area contributed by atoms with Crippen molar-refractivity contribution in [3.63, 3.8) is 0 Å². The van der Waals surface area contributed by atoms with Crippen LogP contribution >= 0.6 is 0 Å². The molecule has 1 nitrogen and oxygen atoms in total. The Morgan fingerprint density at radius 2 is 1.21 bits per heavy atom. The minimum atomic E-state index is 0.831. The van der Waals surface area contributed by atoms with Crippen molar-refractivity contribution in [2.75, 3.05) is 0 Å². The number of ether oxygens (including phenoxy) is 1. The van der Waals surface area contributed by atoms with Crippen molar-refractivity contribution in [1.82, 2.24) is 0 Å². The van der Waals surface area contributed by atoms with E-state index in [9.17, 15) is 0 Å². The van der Waals surface area contributed by atoms with Crippen LogP contribution in [0.3, 0.4) is 0 Å². The Kier molecular flexibility index (Phi) is 3.54. The first-order valence-electron chi connectivity index (χ1n) is 9.78. The average molecular weight is 369 g/mol. The van der Waals surface area contributed by atoms with Gasteiger partial charge in [-0.3, -0.25) is 0 Å². The van der Waals surface area contributed by atoms with E-state index in [-0.39, 0.29) is 0 Å². The van der Waals surface area contributed by atoms with Crippen molar-refractivity contribution in [3.05, 3.63) is 109 Å². The van der Waals surface area contributed by atoms with Crippen molar-refractivity contribution in [2.45, 2.75) is 0 Å². The zero-order valence-electron chi connectivity index (χ0n) is 15.7. The zero-order valence-corrected chi connectivity index (χ0v) is 15.7. The Bertz CT molecular complexity index is 1380. The molecule has 29 heavy (non-hydrogen) atoms. The van der Waals surface area contributed by atoms with Crippen LogP contribution < -0.4 is 4.74 Å². The molecule has 0 unspecified atom stereocenters. The van der Waals surface area contributed by atoms with Crippen LogP contribution in [0.15, 0.2) is 103 Å². The van der Waals surface area contributed by atoms with Crippen LogP contribution in [0.5, 0.6) is 11.5 Å². The third-order valence-electron chi connectivity index (χ3n) is 5.52. The lowest BCUT2D eigenvalue weighted by Crippen LogP contribution is -1.87. The quantitative estimate of drug-likeness (QED) is 0.289. The lowest BCUT2D eigenvalue weighted by atomic mass is 9.91. The highest BCUT2D eigenvalue weighted by molar-refractivity contribution is 6.23. The molecule has 0 aliphatic carbocycles. The standard InChI is InChI=1S/C28H17O/c1-2-7-25(8-3-1)29-26-15-13-19(14-16-26)24-17-22-11-9-20-5-4-6-21-10-12-23(18-24)28(22)27(20)21/h1-17H. The molecule has 0 aliphatic heterocycles. The molecule has 0 heterocycles. The van der Waals surface area contributed by atoms with Gasteiger partial charge in [0.1, 0.15) is 11.5 Å². The van der Waals surface area contributed by atoms with Crippen molar-refractivity contribution in [1.29, 1.82) is 0 Å². The van der Waals surface area contributed by atoms with E-state index >= 15 is 0 Å². The second-order valence-electron chi connectivity index (χ2n) is 7.34. The number of hydrogen-bond donors (Lipinski definition) is 0. The number of benzene rings is 6. The maximum absolute atomic E-state index is 5.92. The summed E-state index contributed by atoms with van der Waals surface area (Å²) in [7, 11) is 0. The molecule has 0 bridgehead atoms. The first-order chi connectivity index (χ1) is 14.3. The Morgan fingerprint density at radius 3 is 2.00 bits per heavy atom. The Hall–Kier alpha value is -3.84. The molecule has 1 heteroatoms. The fourth-order valence-electron chi connectivity index (χ4n) is 4.15. The summed E-state index contributed by atoms with van der Waals surface area (Å²) in [6.07, 6.45) is 0. The van der Waals surface area contributed by atoms with E-state index in [1.807, 2.05) is 42.5 Å². The molecule has 6 aromatic carbocycles. The smallest absolute Gasteiger partial charge is 0.127 e. The Balaban J connectivity index is 1.44. The number of rotatable bonds is 3. The molecule has 1 radical (unpaired) electrons. The van der Waals surface area contributed by atoms with Gasteiger partial charge in [-0.2, -0.15) is 0 Å². The van der Waals surface area contributed by atoms with Crippen molar-refractivity contribution in [2.24, 2.45) is 0 Å². The van der Waals surface area contributed by atoms with Gasteiger partial charge in [-0.15, -0.1) is 0 Å². The van der Waals surface area contributed by atoms with E-state index in [0.29, 0.717) is 0 Å². The summed E-state index contributed by atoms with van der Waals surface area (Å²) in [6.45, 7) is 0.